The Bertz CT molecular complexity index is 225. The molecule has 0 saturated carbocycles. The molecule has 0 saturated heterocycles. The van der Waals surface area contributed by atoms with Gasteiger partial charge in [0.25, 0.3) is 0 Å². The van der Waals surface area contributed by atoms with Gasteiger partial charge in [0.05, 0.1) is 11.1 Å². The summed E-state index contributed by atoms with van der Waals surface area (Å²) in [6.45, 7) is 7.31. The average molecular weight is 164 g/mol. The van der Waals surface area contributed by atoms with Gasteiger partial charge in [0.2, 0.25) is 0 Å². The van der Waals surface area contributed by atoms with E-state index in [-0.39, 0.29) is 0 Å². The van der Waals surface area contributed by atoms with Crippen molar-refractivity contribution < 1.29 is 0 Å². The van der Waals surface area contributed by atoms with Crippen molar-refractivity contribution >= 4 is 0 Å². The minimum Gasteiger partial charge on any atom is -0.316 e. The van der Waals surface area contributed by atoms with Crippen molar-refractivity contribution in [1.29, 1.82) is 0 Å². The monoisotopic (exact) mass is 164 g/mol. The third-order valence-electron chi connectivity index (χ3n) is 0.832. The van der Waals surface area contributed by atoms with Gasteiger partial charge in [0, 0.05) is 0 Å². The van der Waals surface area contributed by atoms with Gasteiger partial charge in [-0.1, -0.05) is 11.8 Å². The van der Waals surface area contributed by atoms with Crippen LogP contribution in [0.1, 0.15) is 27.7 Å². The Morgan fingerprint density at radius 1 is 0.750 bits per heavy atom. The van der Waals surface area contributed by atoms with Crippen LogP contribution in [-0.2, 0) is 0 Å². The molecule has 0 radical (unpaired) electrons. The van der Waals surface area contributed by atoms with Crippen LogP contribution in [0.5, 0.6) is 0 Å². The van der Waals surface area contributed by atoms with Gasteiger partial charge in [-0.25, -0.2) is 0 Å². The lowest BCUT2D eigenvalue weighted by Gasteiger charge is -2.07. The topological polar surface area (TPSA) is 52.0 Å². The van der Waals surface area contributed by atoms with Gasteiger partial charge in [-0.2, -0.15) is 0 Å². The van der Waals surface area contributed by atoms with Crippen LogP contribution in [0, 0.1) is 23.7 Å². The summed E-state index contributed by atoms with van der Waals surface area (Å²) < 4.78 is 0. The predicted molar refractivity (Wildman–Crippen MR) is 52.1 cm³/mol. The molecule has 0 heterocycles. The smallest absolute Gasteiger partial charge is 0.0729 e. The summed E-state index contributed by atoms with van der Waals surface area (Å²) in [7, 11) is 0. The molecule has 0 atom stereocenters. The van der Waals surface area contributed by atoms with E-state index in [1.807, 2.05) is 27.7 Å². The summed E-state index contributed by atoms with van der Waals surface area (Å²) in [5, 5.41) is 0. The van der Waals surface area contributed by atoms with E-state index in [1.54, 1.807) is 0 Å². The Kier molecular flexibility index (Phi) is 3.34. The normalized spacial score (nSPS) is 10.8. The maximum absolute atomic E-state index is 5.61. The van der Waals surface area contributed by atoms with Crippen molar-refractivity contribution in [3.8, 4) is 23.7 Å². The second kappa shape index (κ2) is 3.63. The fourth-order valence-electron chi connectivity index (χ4n) is 0.385. The van der Waals surface area contributed by atoms with Gasteiger partial charge in [-0.15, -0.1) is 0 Å². The molecule has 0 bridgehead atoms. The number of hydrogen-bond donors (Lipinski definition) is 2. The molecular weight excluding hydrogens is 148 g/mol. The van der Waals surface area contributed by atoms with Gasteiger partial charge in [-0.3, -0.25) is 0 Å². The summed E-state index contributed by atoms with van der Waals surface area (Å²) in [6.07, 6.45) is 0. The quantitative estimate of drug-likeness (QED) is 0.511. The second-order valence-electron chi connectivity index (χ2n) is 3.94. The Morgan fingerprint density at radius 3 is 1.17 bits per heavy atom. The van der Waals surface area contributed by atoms with Crippen LogP contribution >= 0.6 is 0 Å². The lowest BCUT2D eigenvalue weighted by molar-refractivity contribution is 0.678. The third kappa shape index (κ3) is 9.04. The molecule has 0 aromatic rings. The molecule has 0 rings (SSSR count). The van der Waals surface area contributed by atoms with E-state index in [0.29, 0.717) is 0 Å². The molecule has 12 heavy (non-hydrogen) atoms. The summed E-state index contributed by atoms with van der Waals surface area (Å²) in [5.41, 5.74) is 10.3. The van der Waals surface area contributed by atoms with Crippen LogP contribution in [-0.4, -0.2) is 11.1 Å². The van der Waals surface area contributed by atoms with Gasteiger partial charge >= 0.3 is 0 Å². The maximum atomic E-state index is 5.61. The van der Waals surface area contributed by atoms with E-state index in [4.69, 9.17) is 11.5 Å². The summed E-state index contributed by atoms with van der Waals surface area (Å²) in [6, 6.07) is 0. The molecule has 0 spiro atoms. The van der Waals surface area contributed by atoms with Crippen molar-refractivity contribution in [2.24, 2.45) is 11.5 Å². The second-order valence-corrected chi connectivity index (χ2v) is 3.94. The third-order valence-corrected chi connectivity index (χ3v) is 0.832. The highest BCUT2D eigenvalue weighted by molar-refractivity contribution is 5.32. The zero-order valence-corrected chi connectivity index (χ0v) is 8.15. The Morgan fingerprint density at radius 2 is 1.00 bits per heavy atom. The van der Waals surface area contributed by atoms with Gasteiger partial charge < -0.3 is 11.5 Å². The SMILES string of the molecule is CC(C)(N)C#CC#CC(C)(C)N. The molecule has 2 heteroatoms. The molecule has 0 amide bonds. The molecule has 4 N–H and O–H groups in total. The molecule has 0 aromatic carbocycles. The van der Waals surface area contributed by atoms with Gasteiger partial charge in [0.15, 0.2) is 0 Å². The molecular formula is C10H16N2. The number of rotatable bonds is 0. The van der Waals surface area contributed by atoms with E-state index in [9.17, 15) is 0 Å². The van der Waals surface area contributed by atoms with Crippen molar-refractivity contribution in [1.82, 2.24) is 0 Å². The molecule has 66 valence electrons. The Balaban J connectivity index is 4.27. The van der Waals surface area contributed by atoms with Crippen molar-refractivity contribution in [2.75, 3.05) is 0 Å². The zero-order chi connectivity index (χ0) is 9.83. The van der Waals surface area contributed by atoms with E-state index in [1.165, 1.54) is 0 Å². The lowest BCUT2D eigenvalue weighted by Crippen LogP contribution is -2.30. The first-order chi connectivity index (χ1) is 5.21. The number of nitrogens with two attached hydrogens (primary N) is 2. The Hall–Kier alpha value is -0.960. The standard InChI is InChI=1S/C10H16N2/c1-9(2,11)7-5-6-8-10(3,4)12/h11-12H2,1-4H3. The molecule has 0 aromatic heterocycles. The predicted octanol–water partition coefficient (Wildman–Crippen LogP) is 0.468. The molecule has 0 unspecified atom stereocenters. The molecule has 0 aliphatic rings. The van der Waals surface area contributed by atoms with Crippen LogP contribution in [0.2, 0.25) is 0 Å². The molecule has 0 aliphatic carbocycles. The van der Waals surface area contributed by atoms with Gasteiger partial charge in [-0.05, 0) is 39.5 Å². The van der Waals surface area contributed by atoms with Crippen LogP contribution in [0.4, 0.5) is 0 Å². The molecule has 2 nitrogen and oxygen atoms in total. The summed E-state index contributed by atoms with van der Waals surface area (Å²) in [5.74, 6) is 10.9. The molecule has 0 aliphatic heterocycles. The van der Waals surface area contributed by atoms with Crippen molar-refractivity contribution in [3.63, 3.8) is 0 Å². The lowest BCUT2D eigenvalue weighted by atomic mass is 10.1. The fraction of sp³-hybridized carbons (Fsp3) is 0.600. The zero-order valence-electron chi connectivity index (χ0n) is 8.15. The van der Waals surface area contributed by atoms with E-state index >= 15 is 0 Å². The maximum Gasteiger partial charge on any atom is 0.0729 e. The van der Waals surface area contributed by atoms with Crippen LogP contribution < -0.4 is 11.5 Å². The first kappa shape index (κ1) is 11.0. The van der Waals surface area contributed by atoms with Crippen molar-refractivity contribution in [2.45, 2.75) is 38.8 Å². The first-order valence-corrected chi connectivity index (χ1v) is 3.83. The van der Waals surface area contributed by atoms with Crippen LogP contribution in [0.15, 0.2) is 0 Å². The minimum absolute atomic E-state index is 0.479. The summed E-state index contributed by atoms with van der Waals surface area (Å²) >= 11 is 0. The highest BCUT2D eigenvalue weighted by atomic mass is 14.7. The van der Waals surface area contributed by atoms with E-state index < -0.39 is 11.1 Å². The van der Waals surface area contributed by atoms with E-state index in [0.717, 1.165) is 0 Å². The largest absolute Gasteiger partial charge is 0.316 e. The van der Waals surface area contributed by atoms with Gasteiger partial charge in [0.1, 0.15) is 0 Å². The van der Waals surface area contributed by atoms with Crippen molar-refractivity contribution in [3.05, 3.63) is 0 Å². The molecule has 0 fully saturated rings. The minimum atomic E-state index is -0.479. The van der Waals surface area contributed by atoms with Crippen LogP contribution in [0.25, 0.3) is 0 Å². The first-order valence-electron chi connectivity index (χ1n) is 3.83. The van der Waals surface area contributed by atoms with E-state index in [2.05, 4.69) is 23.7 Å². The highest BCUT2D eigenvalue weighted by Crippen LogP contribution is 1.92. The number of hydrogen-bond acceptors (Lipinski definition) is 2. The highest BCUT2D eigenvalue weighted by Gasteiger charge is 2.04. The Labute approximate surface area is 74.7 Å². The fourth-order valence-corrected chi connectivity index (χ4v) is 0.385. The summed E-state index contributed by atoms with van der Waals surface area (Å²) in [4.78, 5) is 0. The van der Waals surface area contributed by atoms with Crippen LogP contribution in [0.3, 0.4) is 0 Å². The average Bonchev–Trinajstić information content (AvgIpc) is 1.76.